The van der Waals surface area contributed by atoms with Crippen LogP contribution in [0, 0.1) is 5.92 Å². The zero-order valence-corrected chi connectivity index (χ0v) is 7.65. The van der Waals surface area contributed by atoms with Crippen molar-refractivity contribution in [3.8, 4) is 0 Å². The van der Waals surface area contributed by atoms with Crippen molar-refractivity contribution >= 4 is 0 Å². The zero-order valence-electron chi connectivity index (χ0n) is 7.65. The van der Waals surface area contributed by atoms with Crippen molar-refractivity contribution in [3.63, 3.8) is 0 Å². The lowest BCUT2D eigenvalue weighted by Gasteiger charge is -2.00. The van der Waals surface area contributed by atoms with E-state index in [1.54, 1.807) is 0 Å². The Bertz CT molecular complexity index is 68.1. The molecule has 0 rings (SSSR count). The topological polar surface area (TPSA) is 0 Å². The van der Waals surface area contributed by atoms with Gasteiger partial charge in [-0.15, -0.1) is 0 Å². The van der Waals surface area contributed by atoms with E-state index in [-0.39, 0.29) is 0 Å². The normalized spacial score (nSPS) is 10.8. The second kappa shape index (κ2) is 7.74. The van der Waals surface area contributed by atoms with Gasteiger partial charge in [-0.05, 0) is 19.8 Å². The molecular weight excluding hydrogens is 108 g/mol. The summed E-state index contributed by atoms with van der Waals surface area (Å²) in [5.74, 6) is 0.727. The molecule has 0 N–H and O–H groups in total. The summed E-state index contributed by atoms with van der Waals surface area (Å²) in [7, 11) is 0. The Morgan fingerprint density at radius 2 is 1.56 bits per heavy atom. The van der Waals surface area contributed by atoms with Crippen LogP contribution in [0.2, 0.25) is 0 Å². The van der Waals surface area contributed by atoms with Gasteiger partial charge in [-0.1, -0.05) is 39.3 Å². The van der Waals surface area contributed by atoms with Crippen molar-refractivity contribution in [2.24, 2.45) is 5.92 Å². The van der Waals surface area contributed by atoms with E-state index >= 15 is 0 Å². The van der Waals surface area contributed by atoms with Gasteiger partial charge in [0.25, 0.3) is 0 Å². The summed E-state index contributed by atoms with van der Waals surface area (Å²) in [4.78, 5) is 0. The maximum absolute atomic E-state index is 2.20. The molecule has 0 aromatic heterocycles. The second-order valence-corrected chi connectivity index (χ2v) is 2.19. The van der Waals surface area contributed by atoms with Gasteiger partial charge in [0, 0.05) is 0 Å². The number of hydrogen-bond donors (Lipinski definition) is 0. The van der Waals surface area contributed by atoms with Gasteiger partial charge in [-0.25, -0.2) is 0 Å². The van der Waals surface area contributed by atoms with Gasteiger partial charge in [0.1, 0.15) is 0 Å². The number of hydrogen-bond acceptors (Lipinski definition) is 0. The number of allylic oxidation sites excluding steroid dienone is 2. The predicted octanol–water partition coefficient (Wildman–Crippen LogP) is 3.63. The Hall–Kier alpha value is -0.260. The first-order valence-electron chi connectivity index (χ1n) is 3.81. The molecular formula is C9H20. The van der Waals surface area contributed by atoms with Gasteiger partial charge in [0.2, 0.25) is 0 Å². The Morgan fingerprint density at radius 3 is 1.56 bits per heavy atom. The number of rotatable bonds is 1. The molecule has 0 aromatic rings. The highest BCUT2D eigenvalue weighted by molar-refractivity contribution is 4.97. The van der Waals surface area contributed by atoms with E-state index in [1.165, 1.54) is 5.57 Å². The molecule has 0 saturated carbocycles. The van der Waals surface area contributed by atoms with Gasteiger partial charge < -0.3 is 0 Å². The molecule has 0 aliphatic rings. The van der Waals surface area contributed by atoms with E-state index in [0.717, 1.165) is 5.92 Å². The fourth-order valence-electron chi connectivity index (χ4n) is 0.333. The van der Waals surface area contributed by atoms with Crippen LogP contribution in [-0.2, 0) is 0 Å². The smallest absolute Gasteiger partial charge is 0.0263 e. The highest BCUT2D eigenvalue weighted by Crippen LogP contribution is 2.05. The first-order valence-corrected chi connectivity index (χ1v) is 3.81. The van der Waals surface area contributed by atoms with Crippen LogP contribution < -0.4 is 0 Å². The van der Waals surface area contributed by atoms with Crippen LogP contribution in [0.25, 0.3) is 0 Å². The van der Waals surface area contributed by atoms with Crippen LogP contribution in [0.3, 0.4) is 0 Å². The lowest BCUT2D eigenvalue weighted by atomic mass is 10.1. The molecule has 0 saturated heterocycles. The van der Waals surface area contributed by atoms with Gasteiger partial charge in [0.15, 0.2) is 0 Å². The van der Waals surface area contributed by atoms with E-state index < -0.39 is 0 Å². The molecule has 0 atom stereocenters. The summed E-state index contributed by atoms with van der Waals surface area (Å²) in [6.07, 6.45) is 2.16. The molecule has 0 spiro atoms. The minimum absolute atomic E-state index is 0.727. The minimum atomic E-state index is 0.727. The molecule has 56 valence electrons. The predicted molar refractivity (Wildman–Crippen MR) is 45.6 cm³/mol. The maximum Gasteiger partial charge on any atom is -0.0263 e. The van der Waals surface area contributed by atoms with E-state index in [1.807, 2.05) is 13.8 Å². The Morgan fingerprint density at radius 1 is 1.22 bits per heavy atom. The summed E-state index contributed by atoms with van der Waals surface area (Å²) in [5, 5.41) is 0. The summed E-state index contributed by atoms with van der Waals surface area (Å²) in [6, 6.07) is 0. The van der Waals surface area contributed by atoms with E-state index in [4.69, 9.17) is 0 Å². The largest absolute Gasteiger partial charge is 0.0885 e. The average Bonchev–Trinajstić information content (AvgIpc) is 1.91. The molecule has 0 bridgehead atoms. The summed E-state index contributed by atoms with van der Waals surface area (Å²) < 4.78 is 0. The zero-order chi connectivity index (χ0) is 7.86. The minimum Gasteiger partial charge on any atom is -0.0885 e. The fraction of sp³-hybridized carbons (Fsp3) is 0.778. The highest BCUT2D eigenvalue weighted by atomic mass is 14.0. The molecule has 0 aliphatic carbocycles. The quantitative estimate of drug-likeness (QED) is 0.473. The molecule has 0 amide bonds. The van der Waals surface area contributed by atoms with Gasteiger partial charge >= 0.3 is 0 Å². The van der Waals surface area contributed by atoms with E-state index in [9.17, 15) is 0 Å². The SMILES string of the molecule is C/C=C(\C)C(C)C.CC. The van der Waals surface area contributed by atoms with Crippen molar-refractivity contribution < 1.29 is 0 Å². The first kappa shape index (κ1) is 11.5. The van der Waals surface area contributed by atoms with Gasteiger partial charge in [-0.2, -0.15) is 0 Å². The lowest BCUT2D eigenvalue weighted by Crippen LogP contribution is -1.85. The standard InChI is InChI=1S/C7H14.C2H6/c1-5-7(4)6(2)3;1-2/h5-6H,1-4H3;1-2H3/b7-5+;. The monoisotopic (exact) mass is 128 g/mol. The molecule has 0 aromatic carbocycles. The van der Waals surface area contributed by atoms with Gasteiger partial charge in [0.05, 0.1) is 0 Å². The van der Waals surface area contributed by atoms with Crippen LogP contribution >= 0.6 is 0 Å². The van der Waals surface area contributed by atoms with Crippen molar-refractivity contribution in [2.45, 2.75) is 41.5 Å². The van der Waals surface area contributed by atoms with Crippen LogP contribution in [0.15, 0.2) is 11.6 Å². The third kappa shape index (κ3) is 7.74. The summed E-state index contributed by atoms with van der Waals surface area (Å²) in [5.41, 5.74) is 1.47. The van der Waals surface area contributed by atoms with E-state index in [2.05, 4.69) is 33.8 Å². The van der Waals surface area contributed by atoms with Crippen molar-refractivity contribution in [3.05, 3.63) is 11.6 Å². The van der Waals surface area contributed by atoms with Crippen molar-refractivity contribution in [2.75, 3.05) is 0 Å². The molecule has 0 heterocycles. The maximum atomic E-state index is 2.20. The third-order valence-electron chi connectivity index (χ3n) is 1.37. The summed E-state index contributed by atoms with van der Waals surface area (Å²) in [6.45, 7) is 12.6. The molecule has 9 heavy (non-hydrogen) atoms. The Labute approximate surface area is 60.0 Å². The van der Waals surface area contributed by atoms with E-state index in [0.29, 0.717) is 0 Å². The molecule has 0 unspecified atom stereocenters. The first-order chi connectivity index (χ1) is 4.18. The molecule has 0 aliphatic heterocycles. The van der Waals surface area contributed by atoms with Crippen LogP contribution in [-0.4, -0.2) is 0 Å². The van der Waals surface area contributed by atoms with Gasteiger partial charge in [-0.3, -0.25) is 0 Å². The Kier molecular flexibility index (Phi) is 9.91. The molecule has 0 radical (unpaired) electrons. The highest BCUT2D eigenvalue weighted by Gasteiger charge is 1.90. The lowest BCUT2D eigenvalue weighted by molar-refractivity contribution is 0.767. The fourth-order valence-corrected chi connectivity index (χ4v) is 0.333. The van der Waals surface area contributed by atoms with Crippen LogP contribution in [0.1, 0.15) is 41.5 Å². The summed E-state index contributed by atoms with van der Waals surface area (Å²) >= 11 is 0. The molecule has 0 nitrogen and oxygen atoms in total. The third-order valence-corrected chi connectivity index (χ3v) is 1.37. The average molecular weight is 128 g/mol. The second-order valence-electron chi connectivity index (χ2n) is 2.19. The van der Waals surface area contributed by atoms with Crippen LogP contribution in [0.5, 0.6) is 0 Å². The van der Waals surface area contributed by atoms with Crippen molar-refractivity contribution in [1.29, 1.82) is 0 Å². The molecule has 0 fully saturated rings. The van der Waals surface area contributed by atoms with Crippen LogP contribution in [0.4, 0.5) is 0 Å². The van der Waals surface area contributed by atoms with Crippen molar-refractivity contribution in [1.82, 2.24) is 0 Å². The Balaban J connectivity index is 0. The molecule has 0 heteroatoms.